The SMILES string of the molecule is CN/C(=C\c1nc[nH]c1C(C)(C)C)C(=O)[N-]/C(C=O)=C\C1CCCCC1.[Y]. The van der Waals surface area contributed by atoms with Crippen LogP contribution in [0.3, 0.4) is 0 Å². The van der Waals surface area contributed by atoms with Crippen LogP contribution in [0, 0.1) is 5.92 Å². The fraction of sp³-hybridized carbons (Fsp3) is 0.550. The normalized spacial score (nSPS) is 16.4. The zero-order chi connectivity index (χ0) is 19.2. The second-order valence-corrected chi connectivity index (χ2v) is 7.75. The molecule has 0 spiro atoms. The number of hydrogen-bond acceptors (Lipinski definition) is 4. The molecule has 0 aliphatic heterocycles. The molecule has 1 radical (unpaired) electrons. The molecular weight excluding hydrogens is 417 g/mol. The van der Waals surface area contributed by atoms with Gasteiger partial charge in [0.25, 0.3) is 0 Å². The molecule has 1 aliphatic rings. The third-order valence-electron chi connectivity index (χ3n) is 4.61. The van der Waals surface area contributed by atoms with E-state index in [0.717, 1.165) is 31.4 Å². The van der Waals surface area contributed by atoms with Gasteiger partial charge in [0, 0.05) is 50.9 Å². The largest absolute Gasteiger partial charge is 0.619 e. The Hall–Kier alpha value is -1.27. The van der Waals surface area contributed by atoms with Crippen molar-refractivity contribution in [1.29, 1.82) is 0 Å². The number of aldehydes is 1. The Bertz CT molecular complexity index is 695. The Morgan fingerprint density at radius 3 is 2.52 bits per heavy atom. The molecule has 1 heterocycles. The Morgan fingerprint density at radius 1 is 1.30 bits per heavy atom. The van der Waals surface area contributed by atoms with E-state index < -0.39 is 5.91 Å². The van der Waals surface area contributed by atoms with Gasteiger partial charge in [-0.1, -0.05) is 51.8 Å². The minimum atomic E-state index is -0.468. The molecule has 1 aliphatic carbocycles. The van der Waals surface area contributed by atoms with E-state index in [1.165, 1.54) is 6.42 Å². The summed E-state index contributed by atoms with van der Waals surface area (Å²) in [7, 11) is 1.66. The summed E-state index contributed by atoms with van der Waals surface area (Å²) in [5, 5.41) is 6.89. The molecule has 1 amide bonds. The maximum atomic E-state index is 12.5. The third-order valence-corrected chi connectivity index (χ3v) is 4.61. The first-order valence-electron chi connectivity index (χ1n) is 9.21. The molecule has 6 nitrogen and oxygen atoms in total. The molecule has 0 atom stereocenters. The molecule has 0 unspecified atom stereocenters. The summed E-state index contributed by atoms with van der Waals surface area (Å²) in [4.78, 5) is 31.3. The molecule has 1 fully saturated rings. The number of amides is 1. The number of aromatic nitrogens is 2. The van der Waals surface area contributed by atoms with Crippen LogP contribution in [0.1, 0.15) is 64.3 Å². The summed E-state index contributed by atoms with van der Waals surface area (Å²) >= 11 is 0. The van der Waals surface area contributed by atoms with Crippen LogP contribution in [0.5, 0.6) is 0 Å². The summed E-state index contributed by atoms with van der Waals surface area (Å²) in [5.74, 6) is -0.133. The van der Waals surface area contributed by atoms with E-state index in [1.54, 1.807) is 19.5 Å². The first-order chi connectivity index (χ1) is 12.3. The Morgan fingerprint density at radius 2 is 1.96 bits per heavy atom. The van der Waals surface area contributed by atoms with Crippen molar-refractivity contribution < 1.29 is 42.3 Å². The molecular formula is C20H29N4O2Y-. The van der Waals surface area contributed by atoms with E-state index in [0.29, 0.717) is 23.6 Å². The average molecular weight is 446 g/mol. The number of allylic oxidation sites excluding steroid dienone is 2. The predicted octanol–water partition coefficient (Wildman–Crippen LogP) is 3.83. The molecule has 1 aromatic heterocycles. The Labute approximate surface area is 186 Å². The maximum absolute atomic E-state index is 12.5. The second-order valence-electron chi connectivity index (χ2n) is 7.75. The van der Waals surface area contributed by atoms with Gasteiger partial charge in [0.2, 0.25) is 0 Å². The van der Waals surface area contributed by atoms with Gasteiger partial charge in [-0.05, 0) is 24.8 Å². The third kappa shape index (κ3) is 7.00. The predicted molar refractivity (Wildman–Crippen MR) is 103 cm³/mol. The number of likely N-dealkylation sites (N-methyl/N-ethyl adjacent to an activating group) is 1. The van der Waals surface area contributed by atoms with Crippen molar-refractivity contribution in [2.75, 3.05) is 7.05 Å². The molecule has 27 heavy (non-hydrogen) atoms. The van der Waals surface area contributed by atoms with Crippen LogP contribution in [-0.4, -0.2) is 29.2 Å². The first-order valence-corrected chi connectivity index (χ1v) is 9.21. The van der Waals surface area contributed by atoms with Crippen LogP contribution in [0.4, 0.5) is 0 Å². The number of aromatic amines is 1. The molecule has 145 valence electrons. The maximum Gasteiger partial charge on any atom is 0.128 e. The van der Waals surface area contributed by atoms with Crippen molar-refractivity contribution in [3.05, 3.63) is 40.5 Å². The molecule has 0 aromatic carbocycles. The van der Waals surface area contributed by atoms with Crippen molar-refractivity contribution in [1.82, 2.24) is 15.3 Å². The van der Waals surface area contributed by atoms with E-state index in [1.807, 2.05) is 6.08 Å². The first kappa shape index (κ1) is 23.8. The summed E-state index contributed by atoms with van der Waals surface area (Å²) in [6, 6.07) is 0. The van der Waals surface area contributed by atoms with Gasteiger partial charge in [-0.3, -0.25) is 4.79 Å². The Kier molecular flexibility index (Phi) is 9.61. The minimum Gasteiger partial charge on any atom is -0.619 e. The van der Waals surface area contributed by atoms with Crippen LogP contribution in [0.2, 0.25) is 0 Å². The summed E-state index contributed by atoms with van der Waals surface area (Å²) < 4.78 is 0. The van der Waals surface area contributed by atoms with E-state index in [2.05, 4.69) is 41.4 Å². The molecule has 2 rings (SSSR count). The van der Waals surface area contributed by atoms with E-state index in [4.69, 9.17) is 0 Å². The molecule has 1 aromatic rings. The smallest absolute Gasteiger partial charge is 0.128 e. The monoisotopic (exact) mass is 446 g/mol. The number of H-pyrrole nitrogens is 1. The minimum absolute atomic E-state index is 0. The molecule has 0 saturated heterocycles. The van der Waals surface area contributed by atoms with Crippen LogP contribution in [0.25, 0.3) is 11.4 Å². The van der Waals surface area contributed by atoms with Crippen LogP contribution in [0.15, 0.2) is 23.8 Å². The van der Waals surface area contributed by atoms with Gasteiger partial charge in [-0.2, -0.15) is 0 Å². The van der Waals surface area contributed by atoms with Crippen molar-refractivity contribution in [2.24, 2.45) is 5.92 Å². The number of hydrogen-bond donors (Lipinski definition) is 2. The number of imidazole rings is 1. The van der Waals surface area contributed by atoms with Gasteiger partial charge in [-0.25, -0.2) is 4.98 Å². The summed E-state index contributed by atoms with van der Waals surface area (Å²) in [6.45, 7) is 6.21. The van der Waals surface area contributed by atoms with E-state index in [-0.39, 0.29) is 43.8 Å². The van der Waals surface area contributed by atoms with Crippen molar-refractivity contribution in [3.63, 3.8) is 0 Å². The Balaban J connectivity index is 0.00000364. The fourth-order valence-corrected chi connectivity index (χ4v) is 3.22. The van der Waals surface area contributed by atoms with Gasteiger partial charge in [0.15, 0.2) is 0 Å². The van der Waals surface area contributed by atoms with Gasteiger partial charge in [-0.15, -0.1) is 0 Å². The van der Waals surface area contributed by atoms with E-state index >= 15 is 0 Å². The van der Waals surface area contributed by atoms with Crippen LogP contribution < -0.4 is 5.32 Å². The number of carbonyl (C=O) groups excluding carboxylic acids is 2. The molecule has 0 bridgehead atoms. The van der Waals surface area contributed by atoms with Crippen molar-refractivity contribution in [3.8, 4) is 0 Å². The van der Waals surface area contributed by atoms with Gasteiger partial charge in [0.1, 0.15) is 12.2 Å². The van der Waals surface area contributed by atoms with Gasteiger partial charge >= 0.3 is 0 Å². The van der Waals surface area contributed by atoms with Crippen LogP contribution in [-0.2, 0) is 47.7 Å². The molecule has 2 N–H and O–H groups in total. The number of rotatable bonds is 6. The van der Waals surface area contributed by atoms with Crippen LogP contribution >= 0.6 is 0 Å². The number of nitrogens with one attached hydrogen (secondary N) is 2. The average Bonchev–Trinajstić information content (AvgIpc) is 3.08. The topological polar surface area (TPSA) is 88.9 Å². The number of carbonyl (C=O) groups is 2. The number of nitrogens with zero attached hydrogens (tertiary/aromatic N) is 2. The van der Waals surface area contributed by atoms with Crippen molar-refractivity contribution >= 4 is 18.3 Å². The van der Waals surface area contributed by atoms with E-state index in [9.17, 15) is 9.59 Å². The van der Waals surface area contributed by atoms with Gasteiger partial charge in [0.05, 0.1) is 17.7 Å². The summed E-state index contributed by atoms with van der Waals surface area (Å²) in [5.41, 5.74) is 2.01. The fourth-order valence-electron chi connectivity index (χ4n) is 3.22. The summed E-state index contributed by atoms with van der Waals surface area (Å²) in [6.07, 6.45) is 11.5. The second kappa shape index (κ2) is 10.9. The zero-order valence-corrected chi connectivity index (χ0v) is 19.5. The quantitative estimate of drug-likeness (QED) is 0.514. The van der Waals surface area contributed by atoms with Gasteiger partial charge < -0.3 is 20.4 Å². The zero-order valence-electron chi connectivity index (χ0n) is 16.7. The molecule has 7 heteroatoms. The van der Waals surface area contributed by atoms with Crippen molar-refractivity contribution in [2.45, 2.75) is 58.3 Å². The molecule has 1 saturated carbocycles. The standard InChI is InChI=1S/C20H30N4O2.Y/c1-20(2,3)18-16(22-13-23-18)11-17(21-4)19(26)24-15(12-25)10-14-8-6-5-7-9-14;/h10-14,21H,5-9H2,1-4H3,(H2,22,23,24,26);/p-1/b15-10-;.